The standard InChI is InChI=1S/C28H34N4O3/c1-19-15-20(2)18-31(17-19)28(35)23-10-9-21(3)25(16-23)29-26(33)11-12-27(34)32-14-13-24(30-32)22-7-5-4-6-8-22/h4-10,16,19-20H,11-15,17-18H2,1-3H3,(H,29,33). The molecule has 4 rings (SSSR count). The molecule has 2 aliphatic heterocycles. The summed E-state index contributed by atoms with van der Waals surface area (Å²) in [6, 6.07) is 15.2. The minimum atomic E-state index is -0.252. The number of anilines is 1. The normalized spacial score (nSPS) is 19.9. The molecule has 0 aliphatic carbocycles. The van der Waals surface area contributed by atoms with E-state index < -0.39 is 0 Å². The Balaban J connectivity index is 1.33. The van der Waals surface area contributed by atoms with Gasteiger partial charge in [0, 0.05) is 43.6 Å². The predicted octanol–water partition coefficient (Wildman–Crippen LogP) is 4.47. The molecule has 1 N–H and O–H groups in total. The minimum Gasteiger partial charge on any atom is -0.338 e. The maximum absolute atomic E-state index is 13.1. The van der Waals surface area contributed by atoms with Gasteiger partial charge in [-0.2, -0.15) is 5.10 Å². The number of likely N-dealkylation sites (tertiary alicyclic amines) is 1. The monoisotopic (exact) mass is 474 g/mol. The van der Waals surface area contributed by atoms with Crippen LogP contribution in [0.2, 0.25) is 0 Å². The molecule has 2 atom stereocenters. The van der Waals surface area contributed by atoms with Gasteiger partial charge in [-0.05, 0) is 48.4 Å². The van der Waals surface area contributed by atoms with Crippen LogP contribution in [-0.4, -0.2) is 53.0 Å². The number of piperidine rings is 1. The Bertz CT molecular complexity index is 1120. The van der Waals surface area contributed by atoms with Gasteiger partial charge in [0.2, 0.25) is 11.8 Å². The van der Waals surface area contributed by atoms with Crippen LogP contribution in [-0.2, 0) is 9.59 Å². The van der Waals surface area contributed by atoms with Crippen molar-refractivity contribution in [3.05, 3.63) is 65.2 Å². The van der Waals surface area contributed by atoms with Gasteiger partial charge in [0.1, 0.15) is 0 Å². The maximum atomic E-state index is 13.1. The largest absolute Gasteiger partial charge is 0.338 e. The summed E-state index contributed by atoms with van der Waals surface area (Å²) in [6.07, 6.45) is 1.98. The van der Waals surface area contributed by atoms with Crippen LogP contribution in [0, 0.1) is 18.8 Å². The van der Waals surface area contributed by atoms with Crippen molar-refractivity contribution in [1.29, 1.82) is 0 Å². The van der Waals surface area contributed by atoms with Crippen molar-refractivity contribution >= 4 is 29.1 Å². The van der Waals surface area contributed by atoms with Crippen molar-refractivity contribution in [2.24, 2.45) is 16.9 Å². The van der Waals surface area contributed by atoms with E-state index in [9.17, 15) is 14.4 Å². The third-order valence-electron chi connectivity index (χ3n) is 6.68. The summed E-state index contributed by atoms with van der Waals surface area (Å²) in [5.41, 5.74) is 3.95. The number of carbonyl (C=O) groups excluding carboxylic acids is 3. The quantitative estimate of drug-likeness (QED) is 0.671. The smallest absolute Gasteiger partial charge is 0.253 e. The molecule has 0 aromatic heterocycles. The van der Waals surface area contributed by atoms with Crippen molar-refractivity contribution < 1.29 is 14.4 Å². The van der Waals surface area contributed by atoms with Gasteiger partial charge < -0.3 is 10.2 Å². The van der Waals surface area contributed by atoms with Gasteiger partial charge in [-0.3, -0.25) is 14.4 Å². The zero-order chi connectivity index (χ0) is 24.9. The highest BCUT2D eigenvalue weighted by Gasteiger charge is 2.27. The number of hydrazone groups is 1. The Morgan fingerprint density at radius 1 is 1.00 bits per heavy atom. The fourth-order valence-corrected chi connectivity index (χ4v) is 4.93. The van der Waals surface area contributed by atoms with E-state index in [0.717, 1.165) is 36.3 Å². The first-order valence-electron chi connectivity index (χ1n) is 12.4. The van der Waals surface area contributed by atoms with Crippen molar-refractivity contribution in [3.63, 3.8) is 0 Å². The first kappa shape index (κ1) is 24.6. The van der Waals surface area contributed by atoms with Gasteiger partial charge in [0.05, 0.1) is 12.3 Å². The summed E-state index contributed by atoms with van der Waals surface area (Å²) in [5, 5.41) is 8.80. The van der Waals surface area contributed by atoms with Crippen molar-refractivity contribution in [2.45, 2.75) is 46.5 Å². The van der Waals surface area contributed by atoms with Gasteiger partial charge in [-0.15, -0.1) is 0 Å². The number of carbonyl (C=O) groups is 3. The Labute approximate surface area is 207 Å². The van der Waals surface area contributed by atoms with Crippen LogP contribution < -0.4 is 5.32 Å². The van der Waals surface area contributed by atoms with Crippen LogP contribution >= 0.6 is 0 Å². The van der Waals surface area contributed by atoms with E-state index in [-0.39, 0.29) is 30.6 Å². The molecule has 2 unspecified atom stereocenters. The third kappa shape index (κ3) is 6.15. The van der Waals surface area contributed by atoms with Crippen LogP contribution in [0.15, 0.2) is 53.6 Å². The Kier molecular flexibility index (Phi) is 7.63. The molecule has 0 saturated carbocycles. The van der Waals surface area contributed by atoms with E-state index in [4.69, 9.17) is 0 Å². The lowest BCUT2D eigenvalue weighted by Crippen LogP contribution is -2.42. The first-order valence-corrected chi connectivity index (χ1v) is 12.4. The lowest BCUT2D eigenvalue weighted by Gasteiger charge is -2.35. The number of hydrogen-bond donors (Lipinski definition) is 1. The fraction of sp³-hybridized carbons (Fsp3) is 0.429. The molecule has 1 saturated heterocycles. The Hall–Kier alpha value is -3.48. The third-order valence-corrected chi connectivity index (χ3v) is 6.68. The number of benzene rings is 2. The lowest BCUT2D eigenvalue weighted by atomic mass is 9.91. The highest BCUT2D eigenvalue weighted by atomic mass is 16.2. The molecule has 7 nitrogen and oxygen atoms in total. The summed E-state index contributed by atoms with van der Waals surface area (Å²) >= 11 is 0. The second kappa shape index (κ2) is 10.8. The highest BCUT2D eigenvalue weighted by Crippen LogP contribution is 2.24. The zero-order valence-electron chi connectivity index (χ0n) is 20.8. The van der Waals surface area contributed by atoms with Gasteiger partial charge in [0.25, 0.3) is 5.91 Å². The molecule has 3 amide bonds. The fourth-order valence-electron chi connectivity index (χ4n) is 4.93. The topological polar surface area (TPSA) is 82.1 Å². The lowest BCUT2D eigenvalue weighted by molar-refractivity contribution is -0.132. The highest BCUT2D eigenvalue weighted by molar-refractivity contribution is 6.03. The number of nitrogens with zero attached hydrogens (tertiary/aromatic N) is 3. The molecule has 0 radical (unpaired) electrons. The molecular weight excluding hydrogens is 440 g/mol. The number of hydrogen-bond acceptors (Lipinski definition) is 4. The Morgan fingerprint density at radius 2 is 1.71 bits per heavy atom. The number of aryl methyl sites for hydroxylation is 1. The average molecular weight is 475 g/mol. The number of rotatable bonds is 6. The van der Waals surface area contributed by atoms with Gasteiger partial charge in [-0.1, -0.05) is 50.2 Å². The summed E-state index contributed by atoms with van der Waals surface area (Å²) in [5.74, 6) is 0.537. The van der Waals surface area contributed by atoms with Crippen LogP contribution in [0.3, 0.4) is 0 Å². The summed E-state index contributed by atoms with van der Waals surface area (Å²) in [4.78, 5) is 40.2. The number of nitrogens with one attached hydrogen (secondary N) is 1. The van der Waals surface area contributed by atoms with Crippen LogP contribution in [0.25, 0.3) is 0 Å². The van der Waals surface area contributed by atoms with Gasteiger partial charge >= 0.3 is 0 Å². The average Bonchev–Trinajstić information content (AvgIpc) is 3.34. The molecule has 2 heterocycles. The van der Waals surface area contributed by atoms with Gasteiger partial charge in [0.15, 0.2) is 0 Å². The molecule has 0 spiro atoms. The summed E-state index contributed by atoms with van der Waals surface area (Å²) in [7, 11) is 0. The second-order valence-corrected chi connectivity index (χ2v) is 9.91. The second-order valence-electron chi connectivity index (χ2n) is 9.91. The summed E-state index contributed by atoms with van der Waals surface area (Å²) < 4.78 is 0. The Morgan fingerprint density at radius 3 is 2.43 bits per heavy atom. The first-order chi connectivity index (χ1) is 16.8. The SMILES string of the molecule is Cc1ccc(C(=O)N2CC(C)CC(C)C2)cc1NC(=O)CCC(=O)N1CCC(c2ccccc2)=N1. The molecule has 2 aromatic carbocycles. The van der Waals surface area contributed by atoms with E-state index in [1.54, 1.807) is 6.07 Å². The van der Waals surface area contributed by atoms with Crippen molar-refractivity contribution in [1.82, 2.24) is 9.91 Å². The maximum Gasteiger partial charge on any atom is 0.253 e. The molecule has 7 heteroatoms. The van der Waals surface area contributed by atoms with E-state index in [2.05, 4.69) is 24.3 Å². The molecule has 184 valence electrons. The minimum absolute atomic E-state index is 0.00445. The van der Waals surface area contributed by atoms with Crippen LogP contribution in [0.4, 0.5) is 5.69 Å². The molecular formula is C28H34N4O3. The van der Waals surface area contributed by atoms with Crippen molar-refractivity contribution in [3.8, 4) is 0 Å². The molecule has 1 fully saturated rings. The van der Waals surface area contributed by atoms with E-state index in [1.165, 1.54) is 5.01 Å². The van der Waals surface area contributed by atoms with Gasteiger partial charge in [-0.25, -0.2) is 5.01 Å². The van der Waals surface area contributed by atoms with Crippen molar-refractivity contribution in [2.75, 3.05) is 25.0 Å². The summed E-state index contributed by atoms with van der Waals surface area (Å²) in [6.45, 7) is 8.28. The molecule has 2 aliphatic rings. The van der Waals surface area contributed by atoms with Crippen LogP contribution in [0.5, 0.6) is 0 Å². The molecule has 2 aromatic rings. The van der Waals surface area contributed by atoms with E-state index in [0.29, 0.717) is 36.1 Å². The van der Waals surface area contributed by atoms with E-state index >= 15 is 0 Å². The zero-order valence-corrected chi connectivity index (χ0v) is 20.8. The molecule has 35 heavy (non-hydrogen) atoms. The number of amides is 3. The predicted molar refractivity (Wildman–Crippen MR) is 137 cm³/mol. The molecule has 0 bridgehead atoms. The van der Waals surface area contributed by atoms with E-state index in [1.807, 2.05) is 54.3 Å². The van der Waals surface area contributed by atoms with Crippen LogP contribution in [0.1, 0.15) is 61.0 Å².